The highest BCUT2D eigenvalue weighted by atomic mass is 16.5. The van der Waals surface area contributed by atoms with E-state index in [0.717, 1.165) is 38.5 Å². The molecule has 2 unspecified atom stereocenters. The molecule has 544 valence electrons. The average Bonchev–Trinajstić information content (AvgIpc) is 3.64. The monoisotopic (exact) mass is 1280 g/mol. The normalized spacial score (nSPS) is 12.4. The van der Waals surface area contributed by atoms with Crippen molar-refractivity contribution < 1.29 is 24.5 Å². The molecule has 2 atom stereocenters. The molecule has 0 aliphatic heterocycles. The Morgan fingerprint density at radius 1 is 0.264 bits per heavy atom. The van der Waals surface area contributed by atoms with Gasteiger partial charge in [0, 0.05) is 12.8 Å². The van der Waals surface area contributed by atoms with Crippen LogP contribution in [0.2, 0.25) is 0 Å². The zero-order chi connectivity index (χ0) is 65.6. The number of carbonyl (C=O) groups excluding carboxylic acids is 2. The third-order valence-corrected chi connectivity index (χ3v) is 20.7. The highest BCUT2D eigenvalue weighted by Crippen LogP contribution is 2.21. The number of hydrogen-bond donors (Lipinski definition) is 3. The van der Waals surface area contributed by atoms with Crippen LogP contribution in [-0.4, -0.2) is 47.4 Å². The van der Waals surface area contributed by atoms with Crippen molar-refractivity contribution in [2.45, 2.75) is 520 Å². The van der Waals surface area contributed by atoms with Crippen molar-refractivity contribution in [3.8, 4) is 0 Å². The average molecular weight is 1290 g/mol. The molecule has 0 saturated carbocycles. The fourth-order valence-corrected chi connectivity index (χ4v) is 14.2. The lowest BCUT2D eigenvalue weighted by Gasteiger charge is -2.22. The lowest BCUT2D eigenvalue weighted by atomic mass is 10.0. The van der Waals surface area contributed by atoms with Crippen LogP contribution < -0.4 is 5.32 Å². The van der Waals surface area contributed by atoms with Crippen LogP contribution in [0.25, 0.3) is 0 Å². The highest BCUT2D eigenvalue weighted by molar-refractivity contribution is 5.76. The largest absolute Gasteiger partial charge is 0.466 e. The summed E-state index contributed by atoms with van der Waals surface area (Å²) in [5.74, 6) is 0.00339. The van der Waals surface area contributed by atoms with E-state index in [4.69, 9.17) is 4.74 Å². The number of rotatable bonds is 82. The van der Waals surface area contributed by atoms with Crippen molar-refractivity contribution in [2.75, 3.05) is 13.2 Å². The first-order valence-electron chi connectivity index (χ1n) is 42.8. The molecule has 0 aromatic carbocycles. The van der Waals surface area contributed by atoms with Gasteiger partial charge in [-0.25, -0.2) is 0 Å². The predicted octanol–water partition coefficient (Wildman–Crippen LogP) is 28.4. The number of aliphatic hydroxyl groups is 2. The number of ether oxygens (including phenoxy) is 1. The van der Waals surface area contributed by atoms with E-state index in [2.05, 4.69) is 19.2 Å². The maximum atomic E-state index is 12.6. The highest BCUT2D eigenvalue weighted by Gasteiger charge is 2.20. The van der Waals surface area contributed by atoms with E-state index in [1.807, 2.05) is 0 Å². The van der Waals surface area contributed by atoms with Crippen molar-refractivity contribution >= 4 is 11.9 Å². The molecule has 0 fully saturated rings. The van der Waals surface area contributed by atoms with Crippen LogP contribution in [0.3, 0.4) is 0 Å². The minimum atomic E-state index is -0.662. The van der Waals surface area contributed by atoms with Crippen LogP contribution >= 0.6 is 0 Å². The van der Waals surface area contributed by atoms with E-state index < -0.39 is 12.1 Å². The lowest BCUT2D eigenvalue weighted by Crippen LogP contribution is -2.45. The smallest absolute Gasteiger partial charge is 0.305 e. The van der Waals surface area contributed by atoms with Crippen LogP contribution in [-0.2, 0) is 14.3 Å². The number of aliphatic hydroxyl groups excluding tert-OH is 2. The van der Waals surface area contributed by atoms with Crippen LogP contribution in [0, 0.1) is 0 Å². The number of amides is 1. The summed E-state index contributed by atoms with van der Waals surface area (Å²) in [4.78, 5) is 24.7. The molecule has 0 aliphatic carbocycles. The number of nitrogens with one attached hydrogen (secondary N) is 1. The summed E-state index contributed by atoms with van der Waals surface area (Å²) in [6.07, 6.45) is 102. The summed E-state index contributed by atoms with van der Waals surface area (Å²) in [5, 5.41) is 23.5. The zero-order valence-electron chi connectivity index (χ0n) is 62.6. The molecule has 0 aromatic heterocycles. The van der Waals surface area contributed by atoms with Crippen LogP contribution in [0.15, 0.2) is 0 Å². The zero-order valence-corrected chi connectivity index (χ0v) is 62.6. The van der Waals surface area contributed by atoms with Gasteiger partial charge in [0.2, 0.25) is 5.91 Å². The quantitative estimate of drug-likeness (QED) is 0.0417. The van der Waals surface area contributed by atoms with E-state index >= 15 is 0 Å². The van der Waals surface area contributed by atoms with Gasteiger partial charge >= 0.3 is 5.97 Å². The topological polar surface area (TPSA) is 95.9 Å². The minimum Gasteiger partial charge on any atom is -0.466 e. The van der Waals surface area contributed by atoms with Crippen molar-refractivity contribution in [1.82, 2.24) is 5.32 Å². The van der Waals surface area contributed by atoms with Crippen molar-refractivity contribution in [2.24, 2.45) is 0 Å². The SMILES string of the molecule is CCCCCCCCCCCCCCCCCCCCCCCCCCCC(O)C(CO)NC(=O)CCCCCCCCCCCCCCCCCCCCCCCCCCCCCCCCCOC(=O)CCCCCCCCCCCCCCCCCCCC. The Morgan fingerprint density at radius 3 is 0.670 bits per heavy atom. The molecule has 91 heavy (non-hydrogen) atoms. The molecular formula is C85H169NO5. The molecular weight excluding hydrogens is 1110 g/mol. The summed E-state index contributed by atoms with van der Waals surface area (Å²) in [6, 6.07) is -0.539. The maximum absolute atomic E-state index is 12.6. The number of unbranched alkanes of at least 4 members (excludes halogenated alkanes) is 71. The van der Waals surface area contributed by atoms with Crippen LogP contribution in [0.5, 0.6) is 0 Å². The second-order valence-electron chi connectivity index (χ2n) is 29.9. The molecule has 0 saturated heterocycles. The maximum Gasteiger partial charge on any atom is 0.305 e. The number of carbonyl (C=O) groups is 2. The molecule has 6 heteroatoms. The predicted molar refractivity (Wildman–Crippen MR) is 403 cm³/mol. The van der Waals surface area contributed by atoms with E-state index in [-0.39, 0.29) is 18.5 Å². The van der Waals surface area contributed by atoms with E-state index in [1.54, 1.807) is 0 Å². The minimum absolute atomic E-state index is 0.0236. The molecule has 0 aromatic rings. The molecule has 0 heterocycles. The number of hydrogen-bond acceptors (Lipinski definition) is 5. The van der Waals surface area contributed by atoms with Gasteiger partial charge in [-0.2, -0.15) is 0 Å². The molecule has 0 spiro atoms. The third-order valence-electron chi connectivity index (χ3n) is 20.7. The summed E-state index contributed by atoms with van der Waals surface area (Å²) >= 11 is 0. The summed E-state index contributed by atoms with van der Waals surface area (Å²) < 4.78 is 5.52. The van der Waals surface area contributed by atoms with Gasteiger partial charge in [-0.15, -0.1) is 0 Å². The van der Waals surface area contributed by atoms with Gasteiger partial charge in [0.1, 0.15) is 0 Å². The van der Waals surface area contributed by atoms with Crippen LogP contribution in [0.4, 0.5) is 0 Å². The van der Waals surface area contributed by atoms with Gasteiger partial charge in [-0.3, -0.25) is 9.59 Å². The molecule has 0 aliphatic rings. The molecule has 3 N–H and O–H groups in total. The second kappa shape index (κ2) is 81.3. The number of esters is 1. The lowest BCUT2D eigenvalue weighted by molar-refractivity contribution is -0.143. The fourth-order valence-electron chi connectivity index (χ4n) is 14.2. The first-order chi connectivity index (χ1) is 45.0. The van der Waals surface area contributed by atoms with Gasteiger partial charge in [0.05, 0.1) is 25.4 Å². The van der Waals surface area contributed by atoms with E-state index in [0.29, 0.717) is 25.9 Å². The molecule has 0 radical (unpaired) electrons. The summed E-state index contributed by atoms with van der Waals surface area (Å²) in [5.41, 5.74) is 0. The summed E-state index contributed by atoms with van der Waals surface area (Å²) in [6.45, 7) is 5.03. The Morgan fingerprint density at radius 2 is 0.451 bits per heavy atom. The first-order valence-corrected chi connectivity index (χ1v) is 42.8. The standard InChI is InChI=1S/C85H169NO5/c1-3-5-7-9-11-13-15-17-19-21-23-24-25-33-36-39-42-45-49-53-57-61-65-69-73-77-83(88)82(81-87)86-84(89)78-74-70-66-62-58-54-50-46-43-40-37-34-31-29-27-26-28-30-32-35-38-41-44-48-52-56-60-64-68-72-76-80-91-85(90)79-75-71-67-63-59-55-51-47-22-20-18-16-14-12-10-8-6-4-2/h82-83,87-88H,3-81H2,1-2H3,(H,86,89). The van der Waals surface area contributed by atoms with Crippen molar-refractivity contribution in [3.63, 3.8) is 0 Å². The molecule has 1 amide bonds. The van der Waals surface area contributed by atoms with Crippen LogP contribution in [0.1, 0.15) is 508 Å². The summed E-state index contributed by atoms with van der Waals surface area (Å²) in [7, 11) is 0. The van der Waals surface area contributed by atoms with Gasteiger partial charge in [-0.1, -0.05) is 470 Å². The molecule has 0 rings (SSSR count). The molecule has 0 bridgehead atoms. The second-order valence-corrected chi connectivity index (χ2v) is 29.9. The Labute approximate surface area is 572 Å². The van der Waals surface area contributed by atoms with E-state index in [9.17, 15) is 19.8 Å². The Balaban J connectivity index is 3.31. The van der Waals surface area contributed by atoms with Crippen molar-refractivity contribution in [1.29, 1.82) is 0 Å². The molecule has 6 nitrogen and oxygen atoms in total. The Bertz CT molecular complexity index is 1340. The fraction of sp³-hybridized carbons (Fsp3) is 0.976. The van der Waals surface area contributed by atoms with E-state index in [1.165, 1.54) is 437 Å². The van der Waals surface area contributed by atoms with Gasteiger partial charge in [0.25, 0.3) is 0 Å². The van der Waals surface area contributed by atoms with Crippen molar-refractivity contribution in [3.05, 3.63) is 0 Å². The third kappa shape index (κ3) is 77.7. The Hall–Kier alpha value is -1.14. The first kappa shape index (κ1) is 89.9. The Kier molecular flexibility index (Phi) is 80.3. The van der Waals surface area contributed by atoms with Gasteiger partial charge in [-0.05, 0) is 25.7 Å². The van der Waals surface area contributed by atoms with Gasteiger partial charge in [0.15, 0.2) is 0 Å². The van der Waals surface area contributed by atoms with Gasteiger partial charge < -0.3 is 20.3 Å².